The lowest BCUT2D eigenvalue weighted by Crippen LogP contribution is -2.50. The first-order chi connectivity index (χ1) is 10.3. The van der Waals surface area contributed by atoms with Crippen LogP contribution in [-0.4, -0.2) is 24.4 Å². The molecule has 0 aromatic heterocycles. The van der Waals surface area contributed by atoms with E-state index in [0.717, 1.165) is 6.42 Å². The van der Waals surface area contributed by atoms with Crippen LogP contribution in [0, 0.1) is 17.7 Å². The molecule has 0 aliphatic rings. The lowest BCUT2D eigenvalue weighted by molar-refractivity contribution is -0.123. The predicted octanol–water partition coefficient (Wildman–Crippen LogP) is 2.74. The Morgan fingerprint density at radius 2 is 1.68 bits per heavy atom. The van der Waals surface area contributed by atoms with Crippen molar-refractivity contribution >= 4 is 11.8 Å². The van der Waals surface area contributed by atoms with Crippen LogP contribution in [0.4, 0.5) is 4.39 Å². The summed E-state index contributed by atoms with van der Waals surface area (Å²) in [6, 6.07) is 4.64. The highest BCUT2D eigenvalue weighted by Gasteiger charge is 2.24. The number of hydrogen-bond donors (Lipinski definition) is 2. The third-order valence-corrected chi connectivity index (χ3v) is 3.36. The highest BCUT2D eigenvalue weighted by atomic mass is 19.1. The minimum atomic E-state index is -0.607. The Bertz CT molecular complexity index is 498. The highest BCUT2D eigenvalue weighted by molar-refractivity contribution is 5.97. The number of carbonyl (C=O) groups is 2. The summed E-state index contributed by atoms with van der Waals surface area (Å²) in [4.78, 5) is 24.3. The maximum atomic E-state index is 12.9. The van der Waals surface area contributed by atoms with E-state index in [2.05, 4.69) is 24.5 Å². The van der Waals surface area contributed by atoms with Crippen LogP contribution in [0.3, 0.4) is 0 Å². The van der Waals surface area contributed by atoms with Gasteiger partial charge in [0.05, 0.1) is 0 Å². The molecule has 0 aliphatic carbocycles. The van der Waals surface area contributed by atoms with E-state index in [0.29, 0.717) is 18.0 Å². The maximum absolute atomic E-state index is 12.9. The molecule has 0 radical (unpaired) electrons. The quantitative estimate of drug-likeness (QED) is 0.814. The number of carbonyl (C=O) groups excluding carboxylic acids is 2. The summed E-state index contributed by atoms with van der Waals surface area (Å²) in [6.07, 6.45) is 0.891. The average Bonchev–Trinajstić information content (AvgIpc) is 2.44. The molecule has 1 aromatic carbocycles. The van der Waals surface area contributed by atoms with E-state index in [4.69, 9.17) is 0 Å². The van der Waals surface area contributed by atoms with Crippen molar-refractivity contribution in [2.45, 2.75) is 40.2 Å². The second-order valence-corrected chi connectivity index (χ2v) is 6.18. The molecule has 0 bridgehead atoms. The van der Waals surface area contributed by atoms with Gasteiger partial charge in [-0.05, 0) is 42.5 Å². The Labute approximate surface area is 131 Å². The van der Waals surface area contributed by atoms with Crippen LogP contribution >= 0.6 is 0 Å². The van der Waals surface area contributed by atoms with Crippen LogP contribution < -0.4 is 10.6 Å². The van der Waals surface area contributed by atoms with Crippen LogP contribution in [0.1, 0.15) is 44.5 Å². The Morgan fingerprint density at radius 1 is 1.09 bits per heavy atom. The number of benzene rings is 1. The molecular formula is C17H25FN2O2. The maximum Gasteiger partial charge on any atom is 0.251 e. The molecule has 0 fully saturated rings. The summed E-state index contributed by atoms with van der Waals surface area (Å²) >= 11 is 0. The van der Waals surface area contributed by atoms with Gasteiger partial charge in [0, 0.05) is 12.1 Å². The van der Waals surface area contributed by atoms with Gasteiger partial charge in [0.2, 0.25) is 5.91 Å². The minimum Gasteiger partial charge on any atom is -0.354 e. The van der Waals surface area contributed by atoms with Crippen molar-refractivity contribution in [3.63, 3.8) is 0 Å². The first-order valence-corrected chi connectivity index (χ1v) is 7.65. The van der Waals surface area contributed by atoms with Gasteiger partial charge < -0.3 is 10.6 Å². The van der Waals surface area contributed by atoms with E-state index in [1.165, 1.54) is 24.3 Å². The summed E-state index contributed by atoms with van der Waals surface area (Å²) in [5.74, 6) is -0.498. The Kier molecular flexibility index (Phi) is 7.02. The van der Waals surface area contributed by atoms with Crippen molar-refractivity contribution in [3.05, 3.63) is 35.6 Å². The summed E-state index contributed by atoms with van der Waals surface area (Å²) in [5, 5.41) is 5.56. The minimum absolute atomic E-state index is 0.0385. The zero-order valence-electron chi connectivity index (χ0n) is 13.7. The Morgan fingerprint density at radius 3 is 2.18 bits per heavy atom. The molecule has 2 N–H and O–H groups in total. The molecule has 2 amide bonds. The molecule has 0 heterocycles. The van der Waals surface area contributed by atoms with Crippen molar-refractivity contribution in [2.75, 3.05) is 6.54 Å². The van der Waals surface area contributed by atoms with E-state index in [-0.39, 0.29) is 17.7 Å². The molecule has 122 valence electrons. The fourth-order valence-corrected chi connectivity index (χ4v) is 1.95. The normalized spacial score (nSPS) is 12.3. The zero-order valence-corrected chi connectivity index (χ0v) is 13.7. The van der Waals surface area contributed by atoms with Gasteiger partial charge >= 0.3 is 0 Å². The SMILES string of the molecule is CC(C)CCNC(=O)[C@H](NC(=O)c1ccc(F)cc1)C(C)C. The van der Waals surface area contributed by atoms with E-state index in [1.54, 1.807) is 0 Å². The largest absolute Gasteiger partial charge is 0.354 e. The van der Waals surface area contributed by atoms with Gasteiger partial charge in [0.1, 0.15) is 11.9 Å². The van der Waals surface area contributed by atoms with Gasteiger partial charge in [-0.1, -0.05) is 27.7 Å². The number of amides is 2. The van der Waals surface area contributed by atoms with Gasteiger partial charge in [-0.15, -0.1) is 0 Å². The molecule has 5 heteroatoms. The summed E-state index contributed by atoms with van der Waals surface area (Å²) in [5.41, 5.74) is 0.335. The number of hydrogen-bond acceptors (Lipinski definition) is 2. The van der Waals surface area contributed by atoms with Gasteiger partial charge in [-0.25, -0.2) is 4.39 Å². The van der Waals surface area contributed by atoms with Gasteiger partial charge in [0.15, 0.2) is 0 Å². The molecule has 0 saturated heterocycles. The van der Waals surface area contributed by atoms with Crippen LogP contribution in [0.5, 0.6) is 0 Å². The highest BCUT2D eigenvalue weighted by Crippen LogP contribution is 2.07. The first kappa shape index (κ1) is 18.1. The smallest absolute Gasteiger partial charge is 0.251 e. The lowest BCUT2D eigenvalue weighted by atomic mass is 10.0. The van der Waals surface area contributed by atoms with Gasteiger partial charge in [-0.3, -0.25) is 9.59 Å². The molecule has 0 unspecified atom stereocenters. The topological polar surface area (TPSA) is 58.2 Å². The van der Waals surface area contributed by atoms with E-state index in [1.807, 2.05) is 13.8 Å². The molecule has 22 heavy (non-hydrogen) atoms. The van der Waals surface area contributed by atoms with Crippen molar-refractivity contribution in [1.82, 2.24) is 10.6 Å². The number of halogens is 1. The fourth-order valence-electron chi connectivity index (χ4n) is 1.95. The molecule has 4 nitrogen and oxygen atoms in total. The van der Waals surface area contributed by atoms with Crippen LogP contribution in [0.2, 0.25) is 0 Å². The van der Waals surface area contributed by atoms with Gasteiger partial charge in [0.25, 0.3) is 5.91 Å². The van der Waals surface area contributed by atoms with Crippen LogP contribution in [-0.2, 0) is 4.79 Å². The van der Waals surface area contributed by atoms with Crippen molar-refractivity contribution in [3.8, 4) is 0 Å². The van der Waals surface area contributed by atoms with E-state index >= 15 is 0 Å². The first-order valence-electron chi connectivity index (χ1n) is 7.65. The molecular weight excluding hydrogens is 283 g/mol. The molecule has 0 spiro atoms. The van der Waals surface area contributed by atoms with Gasteiger partial charge in [-0.2, -0.15) is 0 Å². The molecule has 0 aliphatic heterocycles. The van der Waals surface area contributed by atoms with Crippen LogP contribution in [0.15, 0.2) is 24.3 Å². The monoisotopic (exact) mass is 308 g/mol. The average molecular weight is 308 g/mol. The molecule has 1 atom stereocenters. The van der Waals surface area contributed by atoms with Crippen molar-refractivity contribution < 1.29 is 14.0 Å². The van der Waals surface area contributed by atoms with Crippen molar-refractivity contribution in [1.29, 1.82) is 0 Å². The van der Waals surface area contributed by atoms with Crippen molar-refractivity contribution in [2.24, 2.45) is 11.8 Å². The molecule has 1 aromatic rings. The Hall–Kier alpha value is -1.91. The third-order valence-electron chi connectivity index (χ3n) is 3.36. The fraction of sp³-hybridized carbons (Fsp3) is 0.529. The predicted molar refractivity (Wildman–Crippen MR) is 85.0 cm³/mol. The zero-order chi connectivity index (χ0) is 16.7. The molecule has 0 saturated carbocycles. The summed E-state index contributed by atoms with van der Waals surface area (Å²) in [6.45, 7) is 8.51. The summed E-state index contributed by atoms with van der Waals surface area (Å²) in [7, 11) is 0. The lowest BCUT2D eigenvalue weighted by Gasteiger charge is -2.22. The third kappa shape index (κ3) is 5.84. The van der Waals surface area contributed by atoms with E-state index in [9.17, 15) is 14.0 Å². The molecule has 1 rings (SSSR count). The Balaban J connectivity index is 2.65. The second kappa shape index (κ2) is 8.51. The number of rotatable bonds is 7. The number of nitrogens with one attached hydrogen (secondary N) is 2. The van der Waals surface area contributed by atoms with E-state index < -0.39 is 11.9 Å². The second-order valence-electron chi connectivity index (χ2n) is 6.18. The van der Waals surface area contributed by atoms with Crippen LogP contribution in [0.25, 0.3) is 0 Å². The standard InChI is InChI=1S/C17H25FN2O2/c1-11(2)9-10-19-17(22)15(12(3)4)20-16(21)13-5-7-14(18)8-6-13/h5-8,11-12,15H,9-10H2,1-4H3,(H,19,22)(H,20,21)/t15-/m1/s1. The summed E-state index contributed by atoms with van der Waals surface area (Å²) < 4.78 is 12.9.